The van der Waals surface area contributed by atoms with Crippen molar-refractivity contribution in [1.29, 1.82) is 0 Å². The molecular weight excluding hydrogens is 368 g/mol. The Balaban J connectivity index is 1.64. The van der Waals surface area contributed by atoms with Gasteiger partial charge in [0, 0.05) is 6.61 Å². The smallest absolute Gasteiger partial charge is 0.157 e. The molecule has 1 fully saturated rings. The average Bonchev–Trinajstić information content (AvgIpc) is 2.73. The highest BCUT2D eigenvalue weighted by atomic mass is 16.7. The molecule has 0 spiro atoms. The molecule has 1 aliphatic rings. The molecular formula is C20H36O8. The zero-order valence-electron chi connectivity index (χ0n) is 16.9. The zero-order chi connectivity index (χ0) is 20.0. The number of hydrogen-bond donors (Lipinski definition) is 0. The third-order valence-electron chi connectivity index (χ3n) is 3.71. The molecule has 8 nitrogen and oxygen atoms in total. The van der Waals surface area contributed by atoms with Gasteiger partial charge in [-0.25, -0.2) is 0 Å². The standard InChI is InChI=1S/C20H36O8/c1-2-6-21-8-9-22-10-11-23-12-13-24-14-15-25-16-17-26-18-19-28-20-5-3-4-7-27-20/h1,20H,3-19H2. The number of ether oxygens (including phenoxy) is 8. The van der Waals surface area contributed by atoms with E-state index >= 15 is 0 Å². The predicted octanol–water partition coefficient (Wildman–Crippen LogP) is 1.26. The lowest BCUT2D eigenvalue weighted by atomic mass is 10.2. The largest absolute Gasteiger partial charge is 0.377 e. The van der Waals surface area contributed by atoms with E-state index in [1.54, 1.807) is 0 Å². The fraction of sp³-hybridized carbons (Fsp3) is 0.900. The molecule has 1 heterocycles. The van der Waals surface area contributed by atoms with Crippen LogP contribution in [-0.4, -0.2) is 98.8 Å². The van der Waals surface area contributed by atoms with Crippen LogP contribution in [0.15, 0.2) is 0 Å². The van der Waals surface area contributed by atoms with Crippen molar-refractivity contribution >= 4 is 0 Å². The van der Waals surface area contributed by atoms with Crippen LogP contribution < -0.4 is 0 Å². The van der Waals surface area contributed by atoms with Gasteiger partial charge in [0.05, 0.1) is 79.3 Å². The molecule has 0 aliphatic carbocycles. The van der Waals surface area contributed by atoms with Crippen LogP contribution in [0, 0.1) is 12.3 Å². The zero-order valence-corrected chi connectivity index (χ0v) is 16.9. The van der Waals surface area contributed by atoms with Crippen LogP contribution in [-0.2, 0) is 37.9 Å². The van der Waals surface area contributed by atoms with Gasteiger partial charge in [-0.3, -0.25) is 0 Å². The first-order valence-corrected chi connectivity index (χ1v) is 10.1. The molecule has 28 heavy (non-hydrogen) atoms. The van der Waals surface area contributed by atoms with Crippen molar-refractivity contribution < 1.29 is 37.9 Å². The summed E-state index contributed by atoms with van der Waals surface area (Å²) >= 11 is 0. The molecule has 1 unspecified atom stereocenters. The molecule has 0 N–H and O–H groups in total. The second-order valence-electron chi connectivity index (χ2n) is 5.99. The second-order valence-corrected chi connectivity index (χ2v) is 5.99. The molecule has 0 aromatic rings. The van der Waals surface area contributed by atoms with Crippen LogP contribution in [0.25, 0.3) is 0 Å². The van der Waals surface area contributed by atoms with Crippen LogP contribution in [0.1, 0.15) is 19.3 Å². The molecule has 164 valence electrons. The lowest BCUT2D eigenvalue weighted by Crippen LogP contribution is -2.24. The summed E-state index contributed by atoms with van der Waals surface area (Å²) in [5, 5.41) is 0. The maximum atomic E-state index is 5.58. The van der Waals surface area contributed by atoms with Gasteiger partial charge in [-0.1, -0.05) is 5.92 Å². The fourth-order valence-electron chi connectivity index (χ4n) is 2.31. The summed E-state index contributed by atoms with van der Waals surface area (Å²) in [5.74, 6) is 2.39. The maximum absolute atomic E-state index is 5.58. The molecule has 0 saturated carbocycles. The van der Waals surface area contributed by atoms with Gasteiger partial charge in [0.15, 0.2) is 6.29 Å². The molecule has 1 aliphatic heterocycles. The fourth-order valence-corrected chi connectivity index (χ4v) is 2.31. The Morgan fingerprint density at radius 1 is 0.643 bits per heavy atom. The quantitative estimate of drug-likeness (QED) is 0.222. The molecule has 0 radical (unpaired) electrons. The van der Waals surface area contributed by atoms with Crippen LogP contribution in [0.2, 0.25) is 0 Å². The Morgan fingerprint density at radius 3 is 1.54 bits per heavy atom. The summed E-state index contributed by atoms with van der Waals surface area (Å²) in [6, 6.07) is 0. The summed E-state index contributed by atoms with van der Waals surface area (Å²) in [5.41, 5.74) is 0. The first kappa shape index (κ1) is 25.3. The number of hydrogen-bond acceptors (Lipinski definition) is 8. The minimum absolute atomic E-state index is 0.0545. The minimum Gasteiger partial charge on any atom is -0.377 e. The summed E-state index contributed by atoms with van der Waals surface area (Å²) in [7, 11) is 0. The first-order valence-electron chi connectivity index (χ1n) is 10.1. The lowest BCUT2D eigenvalue weighted by molar-refractivity contribution is -0.169. The van der Waals surface area contributed by atoms with Crippen molar-refractivity contribution in [3.8, 4) is 12.3 Å². The Kier molecular flexibility index (Phi) is 18.9. The van der Waals surface area contributed by atoms with Crippen molar-refractivity contribution in [2.75, 3.05) is 92.5 Å². The second kappa shape index (κ2) is 21.0. The lowest BCUT2D eigenvalue weighted by Gasteiger charge is -2.22. The topological polar surface area (TPSA) is 73.8 Å². The highest BCUT2D eigenvalue weighted by Crippen LogP contribution is 2.13. The highest BCUT2D eigenvalue weighted by Gasteiger charge is 2.13. The van der Waals surface area contributed by atoms with Crippen molar-refractivity contribution in [1.82, 2.24) is 0 Å². The predicted molar refractivity (Wildman–Crippen MR) is 103 cm³/mol. The summed E-state index contributed by atoms with van der Waals surface area (Å²) < 4.78 is 43.1. The minimum atomic E-state index is -0.0545. The SMILES string of the molecule is C#CCOCCOCCOCCOCCOCCOCCOC1CCCCO1. The number of terminal acetylenes is 1. The number of rotatable bonds is 20. The highest BCUT2D eigenvalue weighted by molar-refractivity contribution is 4.82. The van der Waals surface area contributed by atoms with E-state index in [0.29, 0.717) is 85.9 Å². The van der Waals surface area contributed by atoms with Gasteiger partial charge < -0.3 is 37.9 Å². The Bertz CT molecular complexity index is 355. The Labute approximate surface area is 169 Å². The Hall–Kier alpha value is -0.760. The third kappa shape index (κ3) is 17.3. The summed E-state index contributed by atoms with van der Waals surface area (Å²) in [6.45, 7) is 7.54. The summed E-state index contributed by atoms with van der Waals surface area (Å²) in [4.78, 5) is 0. The van der Waals surface area contributed by atoms with Crippen molar-refractivity contribution in [3.63, 3.8) is 0 Å². The van der Waals surface area contributed by atoms with Crippen LogP contribution in [0.5, 0.6) is 0 Å². The molecule has 0 amide bonds. The monoisotopic (exact) mass is 404 g/mol. The van der Waals surface area contributed by atoms with Gasteiger partial charge in [0.2, 0.25) is 0 Å². The van der Waals surface area contributed by atoms with E-state index in [1.807, 2.05) is 0 Å². The van der Waals surface area contributed by atoms with Crippen molar-refractivity contribution in [2.45, 2.75) is 25.6 Å². The van der Waals surface area contributed by atoms with E-state index in [2.05, 4.69) is 5.92 Å². The molecule has 8 heteroatoms. The van der Waals surface area contributed by atoms with E-state index in [4.69, 9.17) is 44.3 Å². The third-order valence-corrected chi connectivity index (χ3v) is 3.71. The molecule has 1 atom stereocenters. The van der Waals surface area contributed by atoms with Gasteiger partial charge in [-0.2, -0.15) is 0 Å². The molecule has 1 rings (SSSR count). The van der Waals surface area contributed by atoms with E-state index in [0.717, 1.165) is 19.4 Å². The normalized spacial score (nSPS) is 16.9. The van der Waals surface area contributed by atoms with Crippen LogP contribution in [0.4, 0.5) is 0 Å². The van der Waals surface area contributed by atoms with E-state index < -0.39 is 0 Å². The molecule has 0 aromatic heterocycles. The van der Waals surface area contributed by atoms with Crippen LogP contribution in [0.3, 0.4) is 0 Å². The van der Waals surface area contributed by atoms with Gasteiger partial charge in [-0.05, 0) is 19.3 Å². The molecule has 0 bridgehead atoms. The Morgan fingerprint density at radius 2 is 1.11 bits per heavy atom. The van der Waals surface area contributed by atoms with Crippen molar-refractivity contribution in [2.24, 2.45) is 0 Å². The van der Waals surface area contributed by atoms with Gasteiger partial charge in [0.25, 0.3) is 0 Å². The molecule has 1 saturated heterocycles. The van der Waals surface area contributed by atoms with E-state index in [1.165, 1.54) is 6.42 Å². The first-order chi connectivity index (χ1) is 13.9. The molecule has 0 aromatic carbocycles. The summed E-state index contributed by atoms with van der Waals surface area (Å²) in [6.07, 6.45) is 8.28. The average molecular weight is 405 g/mol. The maximum Gasteiger partial charge on any atom is 0.157 e. The van der Waals surface area contributed by atoms with Gasteiger partial charge in [-0.15, -0.1) is 6.42 Å². The van der Waals surface area contributed by atoms with Crippen molar-refractivity contribution in [3.05, 3.63) is 0 Å². The van der Waals surface area contributed by atoms with Gasteiger partial charge >= 0.3 is 0 Å². The van der Waals surface area contributed by atoms with Gasteiger partial charge in [0.1, 0.15) is 6.61 Å². The van der Waals surface area contributed by atoms with E-state index in [9.17, 15) is 0 Å². The van der Waals surface area contributed by atoms with E-state index in [-0.39, 0.29) is 6.29 Å². The van der Waals surface area contributed by atoms with Crippen LogP contribution >= 0.6 is 0 Å².